The molecule has 65 heavy (non-hydrogen) atoms. The van der Waals surface area contributed by atoms with Gasteiger partial charge in [-0.2, -0.15) is 0 Å². The molecule has 0 unspecified atom stereocenters. The predicted octanol–water partition coefficient (Wildman–Crippen LogP) is 15.4. The van der Waals surface area contributed by atoms with Gasteiger partial charge in [0.1, 0.15) is 0 Å². The van der Waals surface area contributed by atoms with E-state index in [0.29, 0.717) is 5.95 Å². The first-order valence-corrected chi connectivity index (χ1v) is 22.2. The molecule has 0 aliphatic rings. The van der Waals surface area contributed by atoms with E-state index in [1.807, 2.05) is 0 Å². The van der Waals surface area contributed by atoms with Crippen molar-refractivity contribution < 1.29 is 0 Å². The summed E-state index contributed by atoms with van der Waals surface area (Å²) in [4.78, 5) is 10.8. The molecule has 0 radical (unpaired) electrons. The van der Waals surface area contributed by atoms with E-state index in [1.54, 1.807) is 0 Å². The second kappa shape index (κ2) is 13.9. The molecule has 5 heteroatoms. The molecule has 0 fully saturated rings. The fourth-order valence-electron chi connectivity index (χ4n) is 10.6. The van der Waals surface area contributed by atoms with Gasteiger partial charge in [-0.3, -0.25) is 4.57 Å². The molecular formula is C60H37N5. The molecule has 14 rings (SSSR count). The van der Waals surface area contributed by atoms with Crippen molar-refractivity contribution in [1.82, 2.24) is 23.7 Å². The Labute approximate surface area is 373 Å². The summed E-state index contributed by atoms with van der Waals surface area (Å²) < 4.78 is 7.17. The SMILES string of the molecule is c1ccc(-c2cccc(-n3c4ccccc4c4c5c6ccccc6n(-c6cccc7c6c6ccccc6n7-c6nc(-c7ccc8ccccc8c7)c7ccccc7n6)c5ccc43)c2)cc1. The van der Waals surface area contributed by atoms with Gasteiger partial charge in [0.15, 0.2) is 0 Å². The van der Waals surface area contributed by atoms with E-state index in [-0.39, 0.29) is 0 Å². The maximum absolute atomic E-state index is 5.47. The molecule has 14 aromatic rings. The molecule has 0 amide bonds. The van der Waals surface area contributed by atoms with Crippen LogP contribution in [-0.2, 0) is 0 Å². The van der Waals surface area contributed by atoms with Crippen LogP contribution in [0.4, 0.5) is 0 Å². The van der Waals surface area contributed by atoms with Crippen molar-refractivity contribution in [2.75, 3.05) is 0 Å². The first kappa shape index (κ1) is 35.8. The molecule has 302 valence electrons. The smallest absolute Gasteiger partial charge is 0.235 e. The first-order chi connectivity index (χ1) is 32.3. The number of nitrogens with zero attached hydrogens (tertiary/aromatic N) is 5. The molecule has 0 bridgehead atoms. The Morgan fingerprint density at radius 3 is 1.62 bits per heavy atom. The Kier molecular flexibility index (Phi) is 7.62. The summed E-state index contributed by atoms with van der Waals surface area (Å²) in [6.45, 7) is 0. The largest absolute Gasteiger partial charge is 0.309 e. The maximum atomic E-state index is 5.47. The van der Waals surface area contributed by atoms with Gasteiger partial charge in [-0.05, 0) is 88.6 Å². The zero-order valence-corrected chi connectivity index (χ0v) is 35.1. The fourth-order valence-corrected chi connectivity index (χ4v) is 10.6. The van der Waals surface area contributed by atoms with Gasteiger partial charge < -0.3 is 9.13 Å². The Morgan fingerprint density at radius 2 is 0.846 bits per heavy atom. The summed E-state index contributed by atoms with van der Waals surface area (Å²) >= 11 is 0. The molecule has 0 aliphatic heterocycles. The highest BCUT2D eigenvalue weighted by Crippen LogP contribution is 2.45. The molecule has 0 spiro atoms. The van der Waals surface area contributed by atoms with E-state index in [1.165, 1.54) is 54.5 Å². The molecule has 0 saturated heterocycles. The minimum atomic E-state index is 0.642. The van der Waals surface area contributed by atoms with E-state index in [2.05, 4.69) is 238 Å². The lowest BCUT2D eigenvalue weighted by atomic mass is 10.0. The number of benzene rings is 10. The highest BCUT2D eigenvalue weighted by Gasteiger charge is 2.24. The van der Waals surface area contributed by atoms with E-state index in [9.17, 15) is 0 Å². The van der Waals surface area contributed by atoms with Crippen molar-refractivity contribution in [2.45, 2.75) is 0 Å². The van der Waals surface area contributed by atoms with Gasteiger partial charge in [0.05, 0.1) is 50.0 Å². The summed E-state index contributed by atoms with van der Waals surface area (Å²) in [5.41, 5.74) is 14.3. The van der Waals surface area contributed by atoms with Gasteiger partial charge in [0.25, 0.3) is 0 Å². The van der Waals surface area contributed by atoms with Gasteiger partial charge in [0, 0.05) is 49.0 Å². The number of hydrogen-bond acceptors (Lipinski definition) is 2. The number of aromatic nitrogens is 5. The van der Waals surface area contributed by atoms with Gasteiger partial charge in [-0.25, -0.2) is 9.97 Å². The highest BCUT2D eigenvalue weighted by molar-refractivity contribution is 6.29. The summed E-state index contributed by atoms with van der Waals surface area (Å²) in [7, 11) is 0. The summed E-state index contributed by atoms with van der Waals surface area (Å²) in [5.74, 6) is 0.642. The zero-order valence-electron chi connectivity index (χ0n) is 35.1. The van der Waals surface area contributed by atoms with Crippen LogP contribution in [-0.4, -0.2) is 23.7 Å². The van der Waals surface area contributed by atoms with E-state index >= 15 is 0 Å². The topological polar surface area (TPSA) is 40.6 Å². The van der Waals surface area contributed by atoms with Gasteiger partial charge in [0.2, 0.25) is 5.95 Å². The Bertz CT molecular complexity index is 4250. The molecule has 5 nitrogen and oxygen atoms in total. The van der Waals surface area contributed by atoms with E-state index in [0.717, 1.165) is 66.4 Å². The lowest BCUT2D eigenvalue weighted by molar-refractivity contribution is 1.01. The lowest BCUT2D eigenvalue weighted by Gasteiger charge is -2.13. The number of hydrogen-bond donors (Lipinski definition) is 0. The first-order valence-electron chi connectivity index (χ1n) is 22.2. The zero-order chi connectivity index (χ0) is 42.6. The lowest BCUT2D eigenvalue weighted by Crippen LogP contribution is -2.03. The molecule has 0 aliphatic carbocycles. The summed E-state index contributed by atoms with van der Waals surface area (Å²) in [5, 5.41) is 10.6. The van der Waals surface area contributed by atoms with Crippen LogP contribution in [0.2, 0.25) is 0 Å². The van der Waals surface area contributed by atoms with Crippen molar-refractivity contribution in [1.29, 1.82) is 0 Å². The minimum Gasteiger partial charge on any atom is -0.309 e. The van der Waals surface area contributed by atoms with E-state index < -0.39 is 0 Å². The molecule has 10 aromatic carbocycles. The van der Waals surface area contributed by atoms with Gasteiger partial charge in [-0.1, -0.05) is 158 Å². The van der Waals surface area contributed by atoms with Crippen molar-refractivity contribution in [3.8, 4) is 39.7 Å². The third-order valence-corrected chi connectivity index (χ3v) is 13.4. The van der Waals surface area contributed by atoms with Crippen molar-refractivity contribution in [3.05, 3.63) is 224 Å². The molecule has 0 N–H and O–H groups in total. The second-order valence-electron chi connectivity index (χ2n) is 17.0. The average molecular weight is 828 g/mol. The normalized spacial score (nSPS) is 12.0. The number of fused-ring (bicyclic) bond motifs is 12. The molecule has 4 heterocycles. The number of para-hydroxylation sites is 4. The summed E-state index contributed by atoms with van der Waals surface area (Å²) in [6, 6.07) is 80.8. The average Bonchev–Trinajstić information content (AvgIpc) is 4.02. The predicted molar refractivity (Wildman–Crippen MR) is 271 cm³/mol. The van der Waals surface area contributed by atoms with E-state index in [4.69, 9.17) is 9.97 Å². The van der Waals surface area contributed by atoms with Gasteiger partial charge in [-0.15, -0.1) is 0 Å². The van der Waals surface area contributed by atoms with Crippen molar-refractivity contribution in [2.24, 2.45) is 0 Å². The highest BCUT2D eigenvalue weighted by atomic mass is 15.2. The van der Waals surface area contributed by atoms with Crippen molar-refractivity contribution in [3.63, 3.8) is 0 Å². The maximum Gasteiger partial charge on any atom is 0.235 e. The van der Waals surface area contributed by atoms with Gasteiger partial charge >= 0.3 is 0 Å². The van der Waals surface area contributed by atoms with Crippen LogP contribution in [0.1, 0.15) is 0 Å². The molecule has 4 aromatic heterocycles. The Balaban J connectivity index is 1.04. The van der Waals surface area contributed by atoms with Crippen LogP contribution < -0.4 is 0 Å². The fraction of sp³-hybridized carbons (Fsp3) is 0. The monoisotopic (exact) mass is 827 g/mol. The third kappa shape index (κ3) is 5.27. The quantitative estimate of drug-likeness (QED) is 0.173. The van der Waals surface area contributed by atoms with Crippen LogP contribution in [0.3, 0.4) is 0 Å². The minimum absolute atomic E-state index is 0.642. The molecule has 0 saturated carbocycles. The van der Waals surface area contributed by atoms with Crippen LogP contribution in [0.25, 0.3) is 127 Å². The van der Waals surface area contributed by atoms with Crippen molar-refractivity contribution >= 4 is 87.1 Å². The van der Waals surface area contributed by atoms with Crippen LogP contribution in [0.15, 0.2) is 224 Å². The number of rotatable bonds is 5. The summed E-state index contributed by atoms with van der Waals surface area (Å²) in [6.07, 6.45) is 0. The molecule has 0 atom stereocenters. The molecular weight excluding hydrogens is 791 g/mol. The third-order valence-electron chi connectivity index (χ3n) is 13.4. The standard InChI is InChI=1S/C60H37N5/c1-2-16-38(17-3-1)41-20-14-21-43(37-41)63-49-27-11-8-24-46(49)57-54(63)34-35-55-58(57)47-25-9-12-28-50(47)64(55)52-30-15-31-53-56(52)45-23-7-13-29-51(45)65(53)60-61-48-26-10-6-22-44(48)59(62-60)42-33-32-39-18-4-5-19-40(39)36-42/h1-37H. The van der Waals surface area contributed by atoms with Crippen LogP contribution in [0, 0.1) is 0 Å². The Morgan fingerprint density at radius 1 is 0.292 bits per heavy atom. The Hall–Kier alpha value is -8.80. The van der Waals surface area contributed by atoms with Crippen LogP contribution in [0.5, 0.6) is 0 Å². The van der Waals surface area contributed by atoms with Crippen LogP contribution >= 0.6 is 0 Å². The second-order valence-corrected chi connectivity index (χ2v) is 17.0.